The Labute approximate surface area is 123 Å². The molecule has 0 aliphatic rings. The summed E-state index contributed by atoms with van der Waals surface area (Å²) < 4.78 is 24.3. The minimum atomic E-state index is -3.36. The van der Waals surface area contributed by atoms with E-state index in [1.165, 1.54) is 5.41 Å². The maximum atomic E-state index is 12.1. The van der Waals surface area contributed by atoms with Crippen LogP contribution in [0.1, 0.15) is 5.56 Å². The normalized spacial score (nSPS) is 12.2. The zero-order chi connectivity index (χ0) is 14.7. The number of rotatable bonds is 4. The van der Waals surface area contributed by atoms with Crippen LogP contribution in [0.5, 0.6) is 0 Å². The number of aromatic amines is 1. The van der Waals surface area contributed by atoms with Crippen LogP contribution in [0.3, 0.4) is 0 Å². The molecule has 0 saturated carbocycles. The molecule has 0 unspecified atom stereocenters. The second-order valence-corrected chi connectivity index (χ2v) is 6.63. The summed E-state index contributed by atoms with van der Waals surface area (Å²) in [5.74, 6) is 0. The van der Waals surface area contributed by atoms with E-state index in [1.807, 2.05) is 30.5 Å². The molecule has 3 rings (SSSR count). The molecule has 21 heavy (non-hydrogen) atoms. The lowest BCUT2D eigenvalue weighted by molar-refractivity contribution is 0.604. The van der Waals surface area contributed by atoms with Gasteiger partial charge in [0.25, 0.3) is 0 Å². The van der Waals surface area contributed by atoms with E-state index in [-0.39, 0.29) is 0 Å². The molecule has 106 valence electrons. The largest absolute Gasteiger partial charge is 0.361 e. The van der Waals surface area contributed by atoms with Gasteiger partial charge in [-0.05, 0) is 30.2 Å². The van der Waals surface area contributed by atoms with Gasteiger partial charge in [-0.2, -0.15) is 0 Å². The lowest BCUT2D eigenvalue weighted by atomic mass is 10.1. The summed E-state index contributed by atoms with van der Waals surface area (Å²) in [6.45, 7) is 0. The first-order valence-corrected chi connectivity index (χ1v) is 8.23. The summed E-state index contributed by atoms with van der Waals surface area (Å²) in [6.07, 6.45) is 4.19. The molecule has 0 atom stereocenters. The average molecular weight is 297 g/mol. The van der Waals surface area contributed by atoms with Crippen LogP contribution in [0.25, 0.3) is 10.9 Å². The Balaban J connectivity index is 1.81. The monoisotopic (exact) mass is 297 g/mol. The Hall–Kier alpha value is -2.33. The van der Waals surface area contributed by atoms with Crippen molar-refractivity contribution in [3.63, 3.8) is 0 Å². The third-order valence-corrected chi connectivity index (χ3v) is 4.84. The average Bonchev–Trinajstić information content (AvgIpc) is 2.92. The zero-order valence-corrected chi connectivity index (χ0v) is 12.2. The summed E-state index contributed by atoms with van der Waals surface area (Å²) in [7, 11) is -3.36. The fourth-order valence-electron chi connectivity index (χ4n) is 2.29. The number of benzene rings is 2. The van der Waals surface area contributed by atoms with Crippen LogP contribution in [-0.4, -0.2) is 13.4 Å². The van der Waals surface area contributed by atoms with Crippen molar-refractivity contribution in [3.8, 4) is 0 Å². The van der Waals surface area contributed by atoms with Crippen LogP contribution in [0.15, 0.2) is 77.2 Å². The van der Waals surface area contributed by atoms with E-state index in [1.54, 1.807) is 36.4 Å². The molecule has 1 aromatic heterocycles. The van der Waals surface area contributed by atoms with Gasteiger partial charge in [0.2, 0.25) is 0 Å². The summed E-state index contributed by atoms with van der Waals surface area (Å²) >= 11 is 0. The van der Waals surface area contributed by atoms with E-state index in [9.17, 15) is 8.42 Å². The number of hydrogen-bond acceptors (Lipinski definition) is 2. The van der Waals surface area contributed by atoms with Gasteiger partial charge in [-0.1, -0.05) is 42.5 Å². The smallest absolute Gasteiger partial charge is 0.199 e. The molecule has 1 N–H and O–H groups in total. The van der Waals surface area contributed by atoms with Gasteiger partial charge in [0, 0.05) is 22.5 Å². The van der Waals surface area contributed by atoms with Gasteiger partial charge in [0.05, 0.1) is 4.90 Å². The zero-order valence-electron chi connectivity index (χ0n) is 11.4. The van der Waals surface area contributed by atoms with Gasteiger partial charge in [-0.15, -0.1) is 0 Å². The molecule has 3 aromatic rings. The Morgan fingerprint density at radius 2 is 1.67 bits per heavy atom. The van der Waals surface area contributed by atoms with E-state index in [2.05, 4.69) is 4.98 Å². The van der Waals surface area contributed by atoms with Crippen molar-refractivity contribution < 1.29 is 8.42 Å². The molecule has 4 heteroatoms. The minimum absolute atomic E-state index is 0.320. The van der Waals surface area contributed by atoms with Crippen molar-refractivity contribution in [2.24, 2.45) is 0 Å². The first-order chi connectivity index (χ1) is 10.2. The van der Waals surface area contributed by atoms with Crippen LogP contribution < -0.4 is 0 Å². The number of H-pyrrole nitrogens is 1. The highest BCUT2D eigenvalue weighted by atomic mass is 32.2. The molecule has 0 aliphatic heterocycles. The highest BCUT2D eigenvalue weighted by Crippen LogP contribution is 2.19. The first kappa shape index (κ1) is 13.6. The lowest BCUT2D eigenvalue weighted by Crippen LogP contribution is -1.95. The van der Waals surface area contributed by atoms with Crippen LogP contribution in [0.2, 0.25) is 0 Å². The van der Waals surface area contributed by atoms with E-state index in [0.29, 0.717) is 11.3 Å². The molecule has 0 fully saturated rings. The van der Waals surface area contributed by atoms with Crippen LogP contribution in [0.4, 0.5) is 0 Å². The van der Waals surface area contributed by atoms with E-state index >= 15 is 0 Å². The van der Waals surface area contributed by atoms with Gasteiger partial charge in [0.15, 0.2) is 9.84 Å². The van der Waals surface area contributed by atoms with E-state index < -0.39 is 9.84 Å². The van der Waals surface area contributed by atoms with Crippen LogP contribution in [-0.2, 0) is 16.3 Å². The molecular formula is C17H15NO2S. The molecule has 0 bridgehead atoms. The minimum Gasteiger partial charge on any atom is -0.361 e. The molecule has 0 amide bonds. The van der Waals surface area contributed by atoms with Crippen molar-refractivity contribution in [1.29, 1.82) is 0 Å². The number of allylic oxidation sites excluding steroid dienone is 1. The molecule has 0 spiro atoms. The summed E-state index contributed by atoms with van der Waals surface area (Å²) in [6, 6.07) is 16.4. The Morgan fingerprint density at radius 3 is 2.48 bits per heavy atom. The van der Waals surface area contributed by atoms with Crippen molar-refractivity contribution >= 4 is 20.7 Å². The number of hydrogen-bond donors (Lipinski definition) is 1. The molecule has 0 aliphatic carbocycles. The highest BCUT2D eigenvalue weighted by molar-refractivity contribution is 7.94. The van der Waals surface area contributed by atoms with Crippen molar-refractivity contribution in [2.75, 3.05) is 0 Å². The van der Waals surface area contributed by atoms with Gasteiger partial charge in [0.1, 0.15) is 0 Å². The predicted molar refractivity (Wildman–Crippen MR) is 84.8 cm³/mol. The Morgan fingerprint density at radius 1 is 0.952 bits per heavy atom. The molecule has 1 heterocycles. The third kappa shape index (κ3) is 2.90. The quantitative estimate of drug-likeness (QED) is 0.798. The first-order valence-electron chi connectivity index (χ1n) is 6.68. The van der Waals surface area contributed by atoms with Crippen LogP contribution in [0, 0.1) is 0 Å². The SMILES string of the molecule is O=S(=O)(C=CCc1c[nH]c2ccccc12)c1ccccc1. The van der Waals surface area contributed by atoms with Gasteiger partial charge in [-0.25, -0.2) is 8.42 Å². The summed E-state index contributed by atoms with van der Waals surface area (Å²) in [5, 5.41) is 2.41. The molecule has 3 nitrogen and oxygen atoms in total. The second kappa shape index (κ2) is 5.58. The van der Waals surface area contributed by atoms with Gasteiger partial charge in [-0.3, -0.25) is 0 Å². The maximum absolute atomic E-state index is 12.1. The highest BCUT2D eigenvalue weighted by Gasteiger charge is 2.08. The number of fused-ring (bicyclic) bond motifs is 1. The van der Waals surface area contributed by atoms with Gasteiger partial charge >= 0.3 is 0 Å². The van der Waals surface area contributed by atoms with Crippen LogP contribution >= 0.6 is 0 Å². The predicted octanol–water partition coefficient (Wildman–Crippen LogP) is 3.70. The van der Waals surface area contributed by atoms with Crippen molar-refractivity contribution in [3.05, 3.63) is 77.8 Å². The fourth-order valence-corrected chi connectivity index (χ4v) is 3.33. The van der Waals surface area contributed by atoms with Crippen molar-refractivity contribution in [1.82, 2.24) is 4.98 Å². The number of sulfone groups is 1. The molecular weight excluding hydrogens is 282 g/mol. The number of aromatic nitrogens is 1. The van der Waals surface area contributed by atoms with E-state index in [4.69, 9.17) is 0 Å². The standard InChI is InChI=1S/C17H15NO2S/c19-21(20,15-8-2-1-3-9-15)12-6-7-14-13-18-17-11-5-4-10-16(14)17/h1-6,8-13,18H,7H2. The molecule has 0 radical (unpaired) electrons. The Kier molecular flexibility index (Phi) is 3.62. The second-order valence-electron chi connectivity index (χ2n) is 4.79. The summed E-state index contributed by atoms with van der Waals surface area (Å²) in [4.78, 5) is 3.50. The summed E-state index contributed by atoms with van der Waals surface area (Å²) in [5.41, 5.74) is 2.15. The molecule has 0 saturated heterocycles. The Bertz CT molecular complexity index is 877. The number of para-hydroxylation sites is 1. The van der Waals surface area contributed by atoms with E-state index in [0.717, 1.165) is 16.5 Å². The molecule has 2 aromatic carbocycles. The maximum Gasteiger partial charge on any atom is 0.199 e. The van der Waals surface area contributed by atoms with Gasteiger partial charge < -0.3 is 4.98 Å². The number of nitrogens with one attached hydrogen (secondary N) is 1. The lowest BCUT2D eigenvalue weighted by Gasteiger charge is -1.98. The third-order valence-electron chi connectivity index (χ3n) is 3.36. The van der Waals surface area contributed by atoms with Crippen molar-refractivity contribution in [2.45, 2.75) is 11.3 Å². The topological polar surface area (TPSA) is 49.9 Å². The fraction of sp³-hybridized carbons (Fsp3) is 0.0588.